The van der Waals surface area contributed by atoms with Crippen LogP contribution in [0.4, 0.5) is 0 Å². The lowest BCUT2D eigenvalue weighted by atomic mass is 9.95. The summed E-state index contributed by atoms with van der Waals surface area (Å²) >= 11 is 0. The molecule has 2 heterocycles. The third kappa shape index (κ3) is 4.17. The Labute approximate surface area is 181 Å². The number of hydrogen-bond donors (Lipinski definition) is 1. The molecule has 0 unspecified atom stereocenters. The van der Waals surface area contributed by atoms with Crippen molar-refractivity contribution in [2.24, 2.45) is 0 Å². The van der Waals surface area contributed by atoms with Crippen LogP contribution in [0.3, 0.4) is 0 Å². The fraction of sp³-hybridized carbons (Fsp3) is 0.417. The third-order valence-electron chi connectivity index (χ3n) is 6.04. The van der Waals surface area contributed by atoms with E-state index in [1.807, 2.05) is 35.2 Å². The second-order valence-electron chi connectivity index (χ2n) is 8.25. The van der Waals surface area contributed by atoms with Crippen LogP contribution in [-0.4, -0.2) is 34.2 Å². The topological polar surface area (TPSA) is 80.6 Å². The number of methoxy groups -OCH3 is 1. The number of amides is 1. The molecule has 2 aliphatic rings. The summed E-state index contributed by atoms with van der Waals surface area (Å²) in [5.74, 6) is 2.05. The first-order valence-corrected chi connectivity index (χ1v) is 10.9. The predicted octanol–water partition coefficient (Wildman–Crippen LogP) is 4.27. The fourth-order valence-electron chi connectivity index (χ4n) is 4.22. The Hall–Kier alpha value is -3.22. The summed E-state index contributed by atoms with van der Waals surface area (Å²) in [6, 6.07) is 9.80. The number of furan rings is 1. The van der Waals surface area contributed by atoms with E-state index in [-0.39, 0.29) is 11.9 Å². The van der Waals surface area contributed by atoms with Crippen LogP contribution in [0.2, 0.25) is 0 Å². The van der Waals surface area contributed by atoms with E-state index >= 15 is 0 Å². The van der Waals surface area contributed by atoms with Gasteiger partial charge in [0.05, 0.1) is 13.4 Å². The molecule has 7 heteroatoms. The molecule has 0 bridgehead atoms. The van der Waals surface area contributed by atoms with Crippen molar-refractivity contribution in [3.05, 3.63) is 64.9 Å². The summed E-state index contributed by atoms with van der Waals surface area (Å²) in [6.45, 7) is 0.837. The van der Waals surface area contributed by atoms with E-state index < -0.39 is 0 Å². The van der Waals surface area contributed by atoms with Crippen LogP contribution in [0.25, 0.3) is 0 Å². The Bertz CT molecular complexity index is 1050. The van der Waals surface area contributed by atoms with E-state index in [0.29, 0.717) is 30.3 Å². The highest BCUT2D eigenvalue weighted by molar-refractivity contribution is 5.94. The minimum absolute atomic E-state index is 0.0239. The number of H-pyrrole nitrogens is 1. The van der Waals surface area contributed by atoms with Crippen molar-refractivity contribution in [1.29, 1.82) is 0 Å². The zero-order valence-corrected chi connectivity index (χ0v) is 17.7. The van der Waals surface area contributed by atoms with Gasteiger partial charge in [0, 0.05) is 23.8 Å². The van der Waals surface area contributed by atoms with E-state index in [9.17, 15) is 4.79 Å². The first-order valence-electron chi connectivity index (χ1n) is 10.9. The molecule has 0 radical (unpaired) electrons. The van der Waals surface area contributed by atoms with Gasteiger partial charge in [-0.25, -0.2) is 0 Å². The van der Waals surface area contributed by atoms with Gasteiger partial charge in [0.1, 0.15) is 12.4 Å². The van der Waals surface area contributed by atoms with Crippen molar-refractivity contribution >= 4 is 5.91 Å². The maximum absolute atomic E-state index is 13.4. The standard InChI is InChI=1S/C24H27N3O4/c1-29-21-11-8-16(13-22(21)31-15-18-5-4-12-30-18)14-27(17-9-10-17)24(28)23-19-6-2-3-7-20(19)25-26-23/h4-5,8,11-13,17H,2-3,6-7,9-10,14-15H2,1H3,(H,25,26). The van der Waals surface area contributed by atoms with E-state index in [2.05, 4.69) is 10.2 Å². The smallest absolute Gasteiger partial charge is 0.275 e. The van der Waals surface area contributed by atoms with Crippen LogP contribution in [0.1, 0.15) is 58.8 Å². The Kier molecular flexibility index (Phi) is 5.40. The quantitative estimate of drug-likeness (QED) is 0.587. The summed E-state index contributed by atoms with van der Waals surface area (Å²) < 4.78 is 16.7. The molecule has 2 aliphatic carbocycles. The van der Waals surface area contributed by atoms with Crippen LogP contribution in [0.5, 0.6) is 11.5 Å². The number of aryl methyl sites for hydroxylation is 1. The molecule has 31 heavy (non-hydrogen) atoms. The Morgan fingerprint density at radius 1 is 1.23 bits per heavy atom. The number of nitrogens with zero attached hydrogens (tertiary/aromatic N) is 2. The van der Waals surface area contributed by atoms with Crippen molar-refractivity contribution in [2.75, 3.05) is 7.11 Å². The van der Waals surface area contributed by atoms with Gasteiger partial charge in [-0.1, -0.05) is 6.07 Å². The zero-order chi connectivity index (χ0) is 21.2. The first kappa shape index (κ1) is 19.7. The summed E-state index contributed by atoms with van der Waals surface area (Å²) in [4.78, 5) is 15.4. The van der Waals surface area contributed by atoms with Gasteiger partial charge in [-0.15, -0.1) is 0 Å². The van der Waals surface area contributed by atoms with E-state index in [4.69, 9.17) is 13.9 Å². The number of fused-ring (bicyclic) bond motifs is 1. The minimum atomic E-state index is 0.0239. The zero-order valence-electron chi connectivity index (χ0n) is 17.7. The number of carbonyl (C=O) groups is 1. The molecule has 1 amide bonds. The van der Waals surface area contributed by atoms with Crippen molar-refractivity contribution in [3.63, 3.8) is 0 Å². The normalized spacial score (nSPS) is 15.4. The third-order valence-corrected chi connectivity index (χ3v) is 6.04. The molecule has 1 N–H and O–H groups in total. The molecule has 0 saturated heterocycles. The molecule has 7 nitrogen and oxygen atoms in total. The Balaban J connectivity index is 1.36. The van der Waals surface area contributed by atoms with Crippen molar-refractivity contribution < 1.29 is 18.7 Å². The van der Waals surface area contributed by atoms with E-state index in [1.54, 1.807) is 13.4 Å². The van der Waals surface area contributed by atoms with Gasteiger partial charge in [-0.2, -0.15) is 5.10 Å². The molecule has 1 fully saturated rings. The van der Waals surface area contributed by atoms with Crippen molar-refractivity contribution in [2.45, 2.75) is 57.7 Å². The number of aromatic amines is 1. The second kappa shape index (κ2) is 8.49. The van der Waals surface area contributed by atoms with Gasteiger partial charge in [0.25, 0.3) is 5.91 Å². The summed E-state index contributed by atoms with van der Waals surface area (Å²) in [7, 11) is 1.62. The lowest BCUT2D eigenvalue weighted by Crippen LogP contribution is -2.33. The molecule has 1 saturated carbocycles. The molecule has 3 aromatic rings. The summed E-state index contributed by atoms with van der Waals surface area (Å²) in [5, 5.41) is 7.50. The van der Waals surface area contributed by atoms with Crippen LogP contribution in [-0.2, 0) is 26.0 Å². The molecule has 0 aliphatic heterocycles. The number of ether oxygens (including phenoxy) is 2. The van der Waals surface area contributed by atoms with Gasteiger partial charge in [-0.3, -0.25) is 9.89 Å². The maximum Gasteiger partial charge on any atom is 0.275 e. The van der Waals surface area contributed by atoms with Crippen molar-refractivity contribution in [3.8, 4) is 11.5 Å². The SMILES string of the molecule is COc1ccc(CN(C(=O)c2n[nH]c3c2CCCC3)C2CC2)cc1OCc1ccco1. The second-order valence-corrected chi connectivity index (χ2v) is 8.25. The van der Waals surface area contributed by atoms with Gasteiger partial charge in [0.2, 0.25) is 0 Å². The van der Waals surface area contributed by atoms with Crippen LogP contribution >= 0.6 is 0 Å². The highest BCUT2D eigenvalue weighted by atomic mass is 16.5. The van der Waals surface area contributed by atoms with Gasteiger partial charge in [0.15, 0.2) is 17.2 Å². The monoisotopic (exact) mass is 421 g/mol. The number of hydrogen-bond acceptors (Lipinski definition) is 5. The molecule has 5 rings (SSSR count). The van der Waals surface area contributed by atoms with Crippen LogP contribution in [0.15, 0.2) is 41.0 Å². The van der Waals surface area contributed by atoms with Gasteiger partial charge < -0.3 is 18.8 Å². The molecule has 0 spiro atoms. The lowest BCUT2D eigenvalue weighted by Gasteiger charge is -2.23. The maximum atomic E-state index is 13.4. The Morgan fingerprint density at radius 3 is 2.87 bits per heavy atom. The summed E-state index contributed by atoms with van der Waals surface area (Å²) in [6.07, 6.45) is 7.88. The highest BCUT2D eigenvalue weighted by Gasteiger charge is 2.35. The minimum Gasteiger partial charge on any atom is -0.493 e. The average Bonchev–Trinajstić information content (AvgIpc) is 3.33. The summed E-state index contributed by atoms with van der Waals surface area (Å²) in [5.41, 5.74) is 3.84. The number of rotatable bonds is 8. The highest BCUT2D eigenvalue weighted by Crippen LogP contribution is 2.34. The molecule has 0 atom stereocenters. The van der Waals surface area contributed by atoms with Gasteiger partial charge in [-0.05, 0) is 68.4 Å². The van der Waals surface area contributed by atoms with Crippen molar-refractivity contribution in [1.82, 2.24) is 15.1 Å². The number of nitrogens with one attached hydrogen (secondary N) is 1. The predicted molar refractivity (Wildman–Crippen MR) is 114 cm³/mol. The molecule has 162 valence electrons. The van der Waals surface area contributed by atoms with Crippen LogP contribution < -0.4 is 9.47 Å². The molecular weight excluding hydrogens is 394 g/mol. The van der Waals surface area contributed by atoms with E-state index in [1.165, 1.54) is 0 Å². The fourth-order valence-corrected chi connectivity index (χ4v) is 4.22. The Morgan fingerprint density at radius 2 is 2.10 bits per heavy atom. The first-order chi connectivity index (χ1) is 15.2. The molecule has 2 aromatic heterocycles. The number of benzene rings is 1. The van der Waals surface area contributed by atoms with Crippen LogP contribution in [0, 0.1) is 0 Å². The molecule has 1 aromatic carbocycles. The number of aromatic nitrogens is 2. The largest absolute Gasteiger partial charge is 0.493 e. The number of carbonyl (C=O) groups excluding carboxylic acids is 1. The lowest BCUT2D eigenvalue weighted by molar-refractivity contribution is 0.0722. The molecular formula is C24H27N3O4. The van der Waals surface area contributed by atoms with E-state index in [0.717, 1.165) is 61.1 Å². The average molecular weight is 421 g/mol. The van der Waals surface area contributed by atoms with Gasteiger partial charge >= 0.3 is 0 Å².